The molecule has 2 rings (SSSR count). The molecule has 5 nitrogen and oxygen atoms in total. The lowest BCUT2D eigenvalue weighted by Crippen LogP contribution is -2.14. The average molecular weight is 360 g/mol. The summed E-state index contributed by atoms with van der Waals surface area (Å²) in [5.74, 6) is -0.233. The van der Waals surface area contributed by atoms with Crippen LogP contribution in [0.4, 0.5) is 17.1 Å². The van der Waals surface area contributed by atoms with Crippen molar-refractivity contribution in [3.8, 4) is 0 Å². The highest BCUT2D eigenvalue weighted by Crippen LogP contribution is 2.26. The molecule has 25 heavy (non-hydrogen) atoms. The Morgan fingerprint density at radius 1 is 1.04 bits per heavy atom. The number of aryl methyl sites for hydroxylation is 1. The largest absolute Gasteiger partial charge is 0.399 e. The zero-order chi connectivity index (χ0) is 18.2. The van der Waals surface area contributed by atoms with E-state index in [1.165, 1.54) is 0 Å². The monoisotopic (exact) mass is 359 g/mol. The maximum Gasteiger partial charge on any atom is 0.224 e. The SMILES string of the molecule is CCCC(=O)Nc1ccc(Cl)c(NC(=O)CCc2ccccc2N)c1. The topological polar surface area (TPSA) is 84.2 Å². The van der Waals surface area contributed by atoms with Crippen molar-refractivity contribution in [1.82, 2.24) is 0 Å². The molecule has 2 aromatic carbocycles. The van der Waals surface area contributed by atoms with Crippen molar-refractivity contribution < 1.29 is 9.59 Å². The first-order valence-corrected chi connectivity index (χ1v) is 8.60. The van der Waals surface area contributed by atoms with Crippen LogP contribution in [0.3, 0.4) is 0 Å². The number of nitrogens with two attached hydrogens (primary N) is 1. The molecule has 2 amide bonds. The van der Waals surface area contributed by atoms with Crippen LogP contribution in [0, 0.1) is 0 Å². The fourth-order valence-corrected chi connectivity index (χ4v) is 2.54. The van der Waals surface area contributed by atoms with Gasteiger partial charge in [0, 0.05) is 24.2 Å². The molecule has 0 aliphatic rings. The third kappa shape index (κ3) is 5.80. The molecular weight excluding hydrogens is 338 g/mol. The first kappa shape index (κ1) is 18.8. The smallest absolute Gasteiger partial charge is 0.224 e. The molecule has 6 heteroatoms. The number of hydrogen-bond donors (Lipinski definition) is 3. The fourth-order valence-electron chi connectivity index (χ4n) is 2.37. The summed E-state index contributed by atoms with van der Waals surface area (Å²) in [5.41, 5.74) is 8.57. The third-order valence-corrected chi connectivity index (χ3v) is 4.01. The molecule has 0 heterocycles. The summed E-state index contributed by atoms with van der Waals surface area (Å²) < 4.78 is 0. The number of carbonyl (C=O) groups is 2. The van der Waals surface area contributed by atoms with Gasteiger partial charge in [-0.05, 0) is 42.7 Å². The molecule has 132 valence electrons. The Labute approximate surface area is 152 Å². The quantitative estimate of drug-likeness (QED) is 0.646. The van der Waals surface area contributed by atoms with Gasteiger partial charge in [-0.2, -0.15) is 0 Å². The second kappa shape index (κ2) is 9.08. The van der Waals surface area contributed by atoms with E-state index in [4.69, 9.17) is 17.3 Å². The average Bonchev–Trinajstić information content (AvgIpc) is 2.57. The van der Waals surface area contributed by atoms with Crippen LogP contribution >= 0.6 is 11.6 Å². The minimum Gasteiger partial charge on any atom is -0.399 e. The van der Waals surface area contributed by atoms with E-state index < -0.39 is 0 Å². The minimum absolute atomic E-state index is 0.0679. The second-order valence-electron chi connectivity index (χ2n) is 5.74. The van der Waals surface area contributed by atoms with Gasteiger partial charge in [0.25, 0.3) is 0 Å². The van der Waals surface area contributed by atoms with Crippen LogP contribution < -0.4 is 16.4 Å². The number of para-hydroxylation sites is 1. The number of anilines is 3. The summed E-state index contributed by atoms with van der Waals surface area (Å²) >= 11 is 6.13. The standard InChI is InChI=1S/C19H22ClN3O2/c1-2-5-18(24)22-14-9-10-15(20)17(12-14)23-19(25)11-8-13-6-3-4-7-16(13)21/h3-4,6-7,9-10,12H,2,5,8,11,21H2,1H3,(H,22,24)(H,23,25). The fraction of sp³-hybridized carbons (Fsp3) is 0.263. The molecule has 0 saturated carbocycles. The van der Waals surface area contributed by atoms with Gasteiger partial charge < -0.3 is 16.4 Å². The highest BCUT2D eigenvalue weighted by Gasteiger charge is 2.09. The Kier molecular flexibility index (Phi) is 6.83. The molecule has 0 bridgehead atoms. The zero-order valence-electron chi connectivity index (χ0n) is 14.1. The van der Waals surface area contributed by atoms with Gasteiger partial charge in [-0.15, -0.1) is 0 Å². The van der Waals surface area contributed by atoms with Crippen LogP contribution in [-0.4, -0.2) is 11.8 Å². The second-order valence-corrected chi connectivity index (χ2v) is 6.15. The van der Waals surface area contributed by atoms with E-state index >= 15 is 0 Å². The maximum atomic E-state index is 12.2. The summed E-state index contributed by atoms with van der Waals surface area (Å²) in [4.78, 5) is 23.9. The van der Waals surface area contributed by atoms with Crippen molar-refractivity contribution in [2.45, 2.75) is 32.6 Å². The van der Waals surface area contributed by atoms with Crippen LogP contribution in [0.25, 0.3) is 0 Å². The first-order chi connectivity index (χ1) is 12.0. The van der Waals surface area contributed by atoms with E-state index in [1.807, 2.05) is 31.2 Å². The zero-order valence-corrected chi connectivity index (χ0v) is 14.9. The summed E-state index contributed by atoms with van der Waals surface area (Å²) in [5, 5.41) is 5.98. The molecule has 0 radical (unpaired) electrons. The van der Waals surface area contributed by atoms with Gasteiger partial charge >= 0.3 is 0 Å². The highest BCUT2D eigenvalue weighted by atomic mass is 35.5. The van der Waals surface area contributed by atoms with Crippen molar-refractivity contribution in [2.75, 3.05) is 16.4 Å². The lowest BCUT2D eigenvalue weighted by molar-refractivity contribution is -0.117. The first-order valence-electron chi connectivity index (χ1n) is 8.22. The molecule has 0 spiro atoms. The Morgan fingerprint density at radius 3 is 2.48 bits per heavy atom. The molecule has 0 aliphatic heterocycles. The van der Waals surface area contributed by atoms with E-state index in [1.54, 1.807) is 18.2 Å². The van der Waals surface area contributed by atoms with E-state index in [2.05, 4.69) is 10.6 Å². The predicted molar refractivity (Wildman–Crippen MR) is 103 cm³/mol. The van der Waals surface area contributed by atoms with Crippen LogP contribution in [-0.2, 0) is 16.0 Å². The number of nitrogen functional groups attached to an aromatic ring is 1. The van der Waals surface area contributed by atoms with Gasteiger partial charge in [0.05, 0.1) is 10.7 Å². The van der Waals surface area contributed by atoms with Crippen molar-refractivity contribution in [1.29, 1.82) is 0 Å². The summed E-state index contributed by atoms with van der Waals surface area (Å²) in [7, 11) is 0. The Morgan fingerprint density at radius 2 is 1.76 bits per heavy atom. The number of hydrogen-bond acceptors (Lipinski definition) is 3. The number of nitrogens with one attached hydrogen (secondary N) is 2. The molecule has 0 aromatic heterocycles. The Hall–Kier alpha value is -2.53. The summed E-state index contributed by atoms with van der Waals surface area (Å²) in [6.45, 7) is 1.94. The van der Waals surface area contributed by atoms with Gasteiger partial charge in [-0.3, -0.25) is 9.59 Å². The van der Waals surface area contributed by atoms with E-state index in [0.29, 0.717) is 34.9 Å². The number of amides is 2. The number of halogens is 1. The number of benzene rings is 2. The normalized spacial score (nSPS) is 10.3. The molecule has 4 N–H and O–H groups in total. The lowest BCUT2D eigenvalue weighted by atomic mass is 10.1. The van der Waals surface area contributed by atoms with Crippen molar-refractivity contribution in [3.05, 3.63) is 53.1 Å². The summed E-state index contributed by atoms with van der Waals surface area (Å²) in [6, 6.07) is 12.5. The van der Waals surface area contributed by atoms with Gasteiger partial charge in [0.1, 0.15) is 0 Å². The lowest BCUT2D eigenvalue weighted by Gasteiger charge is -2.11. The Bertz CT molecular complexity index is 762. The van der Waals surface area contributed by atoms with Crippen LogP contribution in [0.2, 0.25) is 5.02 Å². The number of rotatable bonds is 7. The van der Waals surface area contributed by atoms with Crippen LogP contribution in [0.1, 0.15) is 31.7 Å². The number of carbonyl (C=O) groups excluding carboxylic acids is 2. The van der Waals surface area contributed by atoms with Gasteiger partial charge in [-0.1, -0.05) is 36.7 Å². The van der Waals surface area contributed by atoms with Crippen LogP contribution in [0.15, 0.2) is 42.5 Å². The van der Waals surface area contributed by atoms with Crippen molar-refractivity contribution >= 4 is 40.5 Å². The molecule has 2 aromatic rings. The van der Waals surface area contributed by atoms with Crippen molar-refractivity contribution in [2.24, 2.45) is 0 Å². The van der Waals surface area contributed by atoms with E-state index in [9.17, 15) is 9.59 Å². The van der Waals surface area contributed by atoms with Crippen LogP contribution in [0.5, 0.6) is 0 Å². The van der Waals surface area contributed by atoms with Gasteiger partial charge in [0.2, 0.25) is 11.8 Å². The maximum absolute atomic E-state index is 12.2. The Balaban J connectivity index is 1.97. The van der Waals surface area contributed by atoms with Gasteiger partial charge in [0.15, 0.2) is 0 Å². The molecule has 0 aliphatic carbocycles. The van der Waals surface area contributed by atoms with Crippen molar-refractivity contribution in [3.63, 3.8) is 0 Å². The highest BCUT2D eigenvalue weighted by molar-refractivity contribution is 6.33. The third-order valence-electron chi connectivity index (χ3n) is 3.68. The minimum atomic E-state index is -0.165. The molecular formula is C19H22ClN3O2. The molecule has 0 unspecified atom stereocenters. The predicted octanol–water partition coefficient (Wildman–Crippen LogP) is 4.23. The van der Waals surface area contributed by atoms with E-state index in [-0.39, 0.29) is 18.2 Å². The molecule has 0 fully saturated rings. The van der Waals surface area contributed by atoms with E-state index in [0.717, 1.165) is 12.0 Å². The molecule has 0 saturated heterocycles. The molecule has 0 atom stereocenters. The summed E-state index contributed by atoms with van der Waals surface area (Å²) in [6.07, 6.45) is 2.05. The van der Waals surface area contributed by atoms with Gasteiger partial charge in [-0.25, -0.2) is 0 Å².